The molecule has 38 heavy (non-hydrogen) atoms. The molecule has 5 aromatic rings. The maximum Gasteiger partial charge on any atom is 0.321 e. The molecule has 2 amide bonds. The fourth-order valence-electron chi connectivity index (χ4n) is 5.87. The third kappa shape index (κ3) is 3.85. The van der Waals surface area contributed by atoms with Crippen LogP contribution in [-0.4, -0.2) is 68.8 Å². The van der Waals surface area contributed by atoms with E-state index >= 15 is 0 Å². The molecule has 2 aliphatic rings. The summed E-state index contributed by atoms with van der Waals surface area (Å²) in [4.78, 5) is 29.5. The van der Waals surface area contributed by atoms with Gasteiger partial charge in [0.1, 0.15) is 5.82 Å². The van der Waals surface area contributed by atoms with Crippen molar-refractivity contribution in [1.82, 2.24) is 24.3 Å². The van der Waals surface area contributed by atoms with Crippen molar-refractivity contribution < 1.29 is 4.79 Å². The van der Waals surface area contributed by atoms with Crippen LogP contribution in [0.1, 0.15) is 6.92 Å². The second kappa shape index (κ2) is 9.15. The number of anilines is 2. The van der Waals surface area contributed by atoms with Gasteiger partial charge in [-0.25, -0.2) is 9.78 Å². The van der Waals surface area contributed by atoms with Gasteiger partial charge in [0.25, 0.3) is 0 Å². The highest BCUT2D eigenvalue weighted by Crippen LogP contribution is 2.29. The molecule has 4 heterocycles. The van der Waals surface area contributed by atoms with Crippen LogP contribution >= 0.6 is 0 Å². The van der Waals surface area contributed by atoms with E-state index in [4.69, 9.17) is 4.98 Å². The Kier molecular flexibility index (Phi) is 5.47. The van der Waals surface area contributed by atoms with E-state index in [0.29, 0.717) is 19.0 Å². The van der Waals surface area contributed by atoms with Crippen molar-refractivity contribution in [2.24, 2.45) is 0 Å². The molecule has 2 fully saturated rings. The second-order valence-electron chi connectivity index (χ2n) is 10.1. The molecule has 7 rings (SSSR count). The van der Waals surface area contributed by atoms with Crippen molar-refractivity contribution >= 4 is 39.3 Å². The number of hydrogen-bond donors (Lipinski definition) is 1. The number of aromatic nitrogens is 3. The van der Waals surface area contributed by atoms with Gasteiger partial charge in [-0.2, -0.15) is 4.98 Å². The molecule has 8 nitrogen and oxygen atoms in total. The third-order valence-corrected chi connectivity index (χ3v) is 7.97. The zero-order chi connectivity index (χ0) is 25.6. The SMILES string of the molecule is CC1C2CN(C(=O)Nc3cccc4ccccc34)CCN2CN1c1nccc(-n2ccc3ccccc32)n1. The summed E-state index contributed by atoms with van der Waals surface area (Å²) < 4.78 is 2.11. The highest BCUT2D eigenvalue weighted by atomic mass is 16.2. The van der Waals surface area contributed by atoms with Gasteiger partial charge < -0.3 is 19.7 Å². The van der Waals surface area contributed by atoms with Crippen LogP contribution in [0.5, 0.6) is 0 Å². The molecule has 1 N–H and O–H groups in total. The predicted molar refractivity (Wildman–Crippen MR) is 151 cm³/mol. The number of carbonyl (C=O) groups excluding carboxylic acids is 1. The minimum Gasteiger partial charge on any atom is -0.323 e. The highest BCUT2D eigenvalue weighted by molar-refractivity contribution is 6.01. The Labute approximate surface area is 221 Å². The number of carbonyl (C=O) groups is 1. The van der Waals surface area contributed by atoms with Gasteiger partial charge in [-0.05, 0) is 42.0 Å². The minimum atomic E-state index is -0.0515. The van der Waals surface area contributed by atoms with E-state index in [2.05, 4.69) is 68.1 Å². The first kappa shape index (κ1) is 22.7. The number of urea groups is 1. The molecule has 8 heteroatoms. The monoisotopic (exact) mass is 503 g/mol. The van der Waals surface area contributed by atoms with Crippen LogP contribution in [0.4, 0.5) is 16.4 Å². The minimum absolute atomic E-state index is 0.0515. The number of fused-ring (bicyclic) bond motifs is 3. The van der Waals surface area contributed by atoms with Crippen LogP contribution in [-0.2, 0) is 0 Å². The Morgan fingerprint density at radius 2 is 1.74 bits per heavy atom. The van der Waals surface area contributed by atoms with E-state index in [-0.39, 0.29) is 18.1 Å². The largest absolute Gasteiger partial charge is 0.323 e. The van der Waals surface area contributed by atoms with Gasteiger partial charge in [0.15, 0.2) is 0 Å². The number of nitrogens with zero attached hydrogens (tertiary/aromatic N) is 6. The third-order valence-electron chi connectivity index (χ3n) is 7.97. The van der Waals surface area contributed by atoms with E-state index in [1.165, 1.54) is 5.39 Å². The van der Waals surface area contributed by atoms with Crippen molar-refractivity contribution in [2.45, 2.75) is 19.0 Å². The van der Waals surface area contributed by atoms with E-state index in [0.717, 1.165) is 41.0 Å². The van der Waals surface area contributed by atoms with E-state index < -0.39 is 0 Å². The number of piperazine rings is 1. The summed E-state index contributed by atoms with van der Waals surface area (Å²) >= 11 is 0. The summed E-state index contributed by atoms with van der Waals surface area (Å²) in [6, 6.07) is 26.8. The number of para-hydroxylation sites is 1. The van der Waals surface area contributed by atoms with E-state index in [1.807, 2.05) is 59.6 Å². The fraction of sp³-hybridized carbons (Fsp3) is 0.233. The van der Waals surface area contributed by atoms with Crippen molar-refractivity contribution in [1.29, 1.82) is 0 Å². The van der Waals surface area contributed by atoms with Crippen LogP contribution in [0.3, 0.4) is 0 Å². The summed E-state index contributed by atoms with van der Waals surface area (Å²) in [7, 11) is 0. The van der Waals surface area contributed by atoms with Gasteiger partial charge in [-0.1, -0.05) is 54.6 Å². The summed E-state index contributed by atoms with van der Waals surface area (Å²) in [5.41, 5.74) is 1.97. The molecule has 0 bridgehead atoms. The maximum atomic E-state index is 13.3. The number of rotatable bonds is 3. The number of benzene rings is 3. The molecular weight excluding hydrogens is 474 g/mol. The second-order valence-corrected chi connectivity index (χ2v) is 10.1. The Hall–Kier alpha value is -4.43. The van der Waals surface area contributed by atoms with Gasteiger partial charge in [-0.15, -0.1) is 0 Å². The number of amides is 2. The quantitative estimate of drug-likeness (QED) is 0.377. The lowest BCUT2D eigenvalue weighted by molar-refractivity contribution is 0.120. The Morgan fingerprint density at radius 1 is 0.921 bits per heavy atom. The van der Waals surface area contributed by atoms with Gasteiger partial charge in [0, 0.05) is 49.5 Å². The highest BCUT2D eigenvalue weighted by Gasteiger charge is 2.42. The van der Waals surface area contributed by atoms with Crippen molar-refractivity contribution in [3.8, 4) is 5.82 Å². The molecule has 2 saturated heterocycles. The van der Waals surface area contributed by atoms with Gasteiger partial charge >= 0.3 is 6.03 Å². The summed E-state index contributed by atoms with van der Waals surface area (Å²) in [6.45, 7) is 5.12. The molecule has 0 saturated carbocycles. The lowest BCUT2D eigenvalue weighted by Crippen LogP contribution is -2.55. The predicted octanol–water partition coefficient (Wildman–Crippen LogP) is 4.96. The smallest absolute Gasteiger partial charge is 0.321 e. The topological polar surface area (TPSA) is 69.5 Å². The number of hydrogen-bond acceptors (Lipinski definition) is 5. The average molecular weight is 504 g/mol. The molecule has 0 spiro atoms. The van der Waals surface area contributed by atoms with E-state index in [1.54, 1.807) is 0 Å². The molecule has 2 aliphatic heterocycles. The van der Waals surface area contributed by atoms with Gasteiger partial charge in [-0.3, -0.25) is 4.90 Å². The first-order chi connectivity index (χ1) is 18.7. The summed E-state index contributed by atoms with van der Waals surface area (Å²) in [5.74, 6) is 1.57. The summed E-state index contributed by atoms with van der Waals surface area (Å²) in [5, 5.41) is 6.51. The zero-order valence-electron chi connectivity index (χ0n) is 21.2. The molecule has 3 aromatic carbocycles. The van der Waals surface area contributed by atoms with Crippen LogP contribution in [0.2, 0.25) is 0 Å². The number of nitrogens with one attached hydrogen (secondary N) is 1. The molecule has 2 aromatic heterocycles. The Balaban J connectivity index is 1.09. The Morgan fingerprint density at radius 3 is 2.66 bits per heavy atom. The van der Waals surface area contributed by atoms with Crippen LogP contribution < -0.4 is 10.2 Å². The maximum absolute atomic E-state index is 13.3. The summed E-state index contributed by atoms with van der Waals surface area (Å²) in [6.07, 6.45) is 3.89. The first-order valence-corrected chi connectivity index (χ1v) is 13.1. The Bertz CT molecular complexity index is 1640. The lowest BCUT2D eigenvalue weighted by atomic mass is 10.1. The van der Waals surface area contributed by atoms with Crippen molar-refractivity contribution in [2.75, 3.05) is 36.5 Å². The standard InChI is InChI=1S/C30H29N7O/c1-21-27-19-34(30(38)32-25-11-6-9-22-7-2-4-10-24(22)25)17-18-35(27)20-37(21)29-31-15-13-28(33-29)36-16-14-23-8-3-5-12-26(23)36/h2-16,21,27H,17-20H2,1H3,(H,32,38). The van der Waals surface area contributed by atoms with Gasteiger partial charge in [0.2, 0.25) is 5.95 Å². The fourth-order valence-corrected chi connectivity index (χ4v) is 5.87. The van der Waals surface area contributed by atoms with Crippen LogP contribution in [0.25, 0.3) is 27.5 Å². The van der Waals surface area contributed by atoms with E-state index in [9.17, 15) is 4.79 Å². The average Bonchev–Trinajstić information content (AvgIpc) is 3.54. The van der Waals surface area contributed by atoms with Crippen molar-refractivity contribution in [3.05, 3.63) is 91.3 Å². The molecule has 0 aliphatic carbocycles. The molecule has 2 atom stereocenters. The first-order valence-electron chi connectivity index (χ1n) is 13.1. The molecule has 190 valence electrons. The molecular formula is C30H29N7O. The molecule has 2 unspecified atom stereocenters. The normalized spacial score (nSPS) is 19.7. The molecule has 0 radical (unpaired) electrons. The zero-order valence-corrected chi connectivity index (χ0v) is 21.2. The van der Waals surface area contributed by atoms with Crippen LogP contribution in [0, 0.1) is 0 Å². The van der Waals surface area contributed by atoms with Crippen LogP contribution in [0.15, 0.2) is 91.3 Å². The van der Waals surface area contributed by atoms with Crippen molar-refractivity contribution in [3.63, 3.8) is 0 Å². The van der Waals surface area contributed by atoms with Gasteiger partial charge in [0.05, 0.1) is 17.9 Å². The lowest BCUT2D eigenvalue weighted by Gasteiger charge is -2.37.